The third-order valence-corrected chi connectivity index (χ3v) is 10.3. The van der Waals surface area contributed by atoms with Gasteiger partial charge in [-0.1, -0.05) is 121 Å². The molecule has 0 aliphatic heterocycles. The van der Waals surface area contributed by atoms with Crippen LogP contribution in [-0.4, -0.2) is 13.3 Å². The summed E-state index contributed by atoms with van der Waals surface area (Å²) in [7, 11) is -2.29. The van der Waals surface area contributed by atoms with Gasteiger partial charge in [-0.2, -0.15) is 0 Å². The quantitative estimate of drug-likeness (QED) is 0.209. The lowest BCUT2D eigenvalue weighted by Crippen LogP contribution is -2.26. The highest BCUT2D eigenvalue weighted by molar-refractivity contribution is 7.70. The molecule has 0 unspecified atom stereocenters. The van der Waals surface area contributed by atoms with E-state index in [1.54, 1.807) is 0 Å². The number of rotatable bonds is 2. The van der Waals surface area contributed by atoms with E-state index in [0.717, 1.165) is 10.9 Å². The highest BCUT2D eigenvalue weighted by Crippen LogP contribution is 2.64. The summed E-state index contributed by atoms with van der Waals surface area (Å²) in [5, 5.41) is 3.50. The summed E-state index contributed by atoms with van der Waals surface area (Å²) >= 11 is 0. The Morgan fingerprint density at radius 2 is 1.10 bits per heavy atom. The van der Waals surface area contributed by atoms with E-state index in [-0.39, 0.29) is 5.41 Å². The van der Waals surface area contributed by atoms with Crippen molar-refractivity contribution in [1.82, 2.24) is 0 Å². The maximum atomic E-state index is 12.6. The highest BCUT2D eigenvalue weighted by Gasteiger charge is 2.52. The summed E-state index contributed by atoms with van der Waals surface area (Å²) in [6.45, 7) is 3.66. The Balaban J connectivity index is 1.47. The molecule has 1 nitrogen and oxygen atoms in total. The Kier molecular flexibility index (Phi) is 4.62. The fourth-order valence-electron chi connectivity index (χ4n) is 7.12. The third-order valence-electron chi connectivity index (χ3n) is 8.79. The molecule has 0 heterocycles. The summed E-state index contributed by atoms with van der Waals surface area (Å²) in [5.74, 6) is 0. The zero-order valence-corrected chi connectivity index (χ0v) is 22.9. The van der Waals surface area contributed by atoms with Crippen molar-refractivity contribution in [3.05, 3.63) is 150 Å². The van der Waals surface area contributed by atoms with Crippen LogP contribution in [0.15, 0.2) is 127 Å². The average molecular weight is 519 g/mol. The molecule has 0 N–H and O–H groups in total. The van der Waals surface area contributed by atoms with Crippen molar-refractivity contribution in [3.63, 3.8) is 0 Å². The molecular formula is C37H27OP. The van der Waals surface area contributed by atoms with E-state index in [0.29, 0.717) is 0 Å². The Morgan fingerprint density at radius 3 is 1.79 bits per heavy atom. The van der Waals surface area contributed by atoms with Crippen LogP contribution in [-0.2, 0) is 9.98 Å². The van der Waals surface area contributed by atoms with Gasteiger partial charge >= 0.3 is 0 Å². The second kappa shape index (κ2) is 7.92. The van der Waals surface area contributed by atoms with Gasteiger partial charge < -0.3 is 4.57 Å². The summed E-state index contributed by atoms with van der Waals surface area (Å²) in [4.78, 5) is 0. The van der Waals surface area contributed by atoms with Gasteiger partial charge in [-0.15, -0.1) is 0 Å². The summed E-state index contributed by atoms with van der Waals surface area (Å²) in [5.41, 5.74) is 12.7. The normalized spacial score (nSPS) is 14.2. The standard InChI is InChI=1S/C37H27OP/c1-39(2,38)27-19-15-24(16-20-27)26-18-22-35-32(23-26)31-21-17-25-9-3-4-10-28(25)36(31)37(35)33-13-7-5-11-29(33)30-12-6-8-14-34(30)37/h3-23H,1-2H3. The van der Waals surface area contributed by atoms with Crippen LogP contribution >= 0.6 is 7.14 Å². The van der Waals surface area contributed by atoms with E-state index >= 15 is 0 Å². The van der Waals surface area contributed by atoms with Gasteiger partial charge in [0, 0.05) is 5.30 Å². The maximum absolute atomic E-state index is 12.6. The smallest absolute Gasteiger partial charge is 0.109 e. The van der Waals surface area contributed by atoms with Gasteiger partial charge in [-0.05, 0) is 85.8 Å². The minimum Gasteiger partial charge on any atom is -0.319 e. The molecule has 0 fully saturated rings. The number of hydrogen-bond donors (Lipinski definition) is 0. The highest BCUT2D eigenvalue weighted by atomic mass is 31.2. The predicted molar refractivity (Wildman–Crippen MR) is 165 cm³/mol. The van der Waals surface area contributed by atoms with E-state index in [1.165, 1.54) is 60.8 Å². The summed E-state index contributed by atoms with van der Waals surface area (Å²) < 4.78 is 12.6. The Labute approximate surface area is 229 Å². The first kappa shape index (κ1) is 22.8. The minimum atomic E-state index is -2.29. The monoisotopic (exact) mass is 518 g/mol. The van der Waals surface area contributed by atoms with Gasteiger partial charge in [0.2, 0.25) is 0 Å². The van der Waals surface area contributed by atoms with Gasteiger partial charge in [0.15, 0.2) is 0 Å². The molecule has 0 radical (unpaired) electrons. The SMILES string of the molecule is CP(C)(=O)c1ccc(-c2ccc3c(c2)-c2ccc4ccccc4c2C32c3ccccc3-c3ccccc32)cc1. The van der Waals surface area contributed by atoms with Crippen LogP contribution in [0, 0.1) is 0 Å². The fraction of sp³-hybridized carbons (Fsp3) is 0.0811. The van der Waals surface area contributed by atoms with Gasteiger partial charge in [-0.3, -0.25) is 0 Å². The maximum Gasteiger partial charge on any atom is 0.109 e. The molecule has 0 atom stereocenters. The van der Waals surface area contributed by atoms with Crippen molar-refractivity contribution in [2.75, 3.05) is 13.3 Å². The molecule has 0 saturated heterocycles. The first-order chi connectivity index (χ1) is 19.0. The van der Waals surface area contributed by atoms with E-state index in [2.05, 4.69) is 115 Å². The lowest BCUT2D eigenvalue weighted by atomic mass is 9.69. The molecule has 1 spiro atoms. The second-order valence-corrected chi connectivity index (χ2v) is 14.4. The molecule has 0 aromatic heterocycles. The van der Waals surface area contributed by atoms with Crippen molar-refractivity contribution >= 4 is 23.2 Å². The van der Waals surface area contributed by atoms with Crippen LogP contribution in [0.2, 0.25) is 0 Å². The second-order valence-electron chi connectivity index (χ2n) is 11.2. The zero-order chi connectivity index (χ0) is 26.4. The molecule has 6 aromatic carbocycles. The number of hydrogen-bond acceptors (Lipinski definition) is 1. The van der Waals surface area contributed by atoms with Crippen LogP contribution in [0.4, 0.5) is 0 Å². The molecule has 2 aliphatic carbocycles. The number of fused-ring (bicyclic) bond motifs is 12. The van der Waals surface area contributed by atoms with Gasteiger partial charge in [0.05, 0.1) is 5.41 Å². The van der Waals surface area contributed by atoms with Gasteiger partial charge in [0.1, 0.15) is 7.14 Å². The molecule has 39 heavy (non-hydrogen) atoms. The molecule has 2 aliphatic rings. The molecule has 8 rings (SSSR count). The number of benzene rings is 6. The van der Waals surface area contributed by atoms with Crippen molar-refractivity contribution < 1.29 is 4.57 Å². The summed E-state index contributed by atoms with van der Waals surface area (Å²) in [6, 6.07) is 46.6. The molecule has 2 heteroatoms. The first-order valence-corrected chi connectivity index (χ1v) is 16.1. The van der Waals surface area contributed by atoms with E-state index in [4.69, 9.17) is 0 Å². The third kappa shape index (κ3) is 3.00. The van der Waals surface area contributed by atoms with Crippen LogP contribution in [0.3, 0.4) is 0 Å². The Hall–Kier alpha value is -4.19. The van der Waals surface area contributed by atoms with Gasteiger partial charge in [0.25, 0.3) is 0 Å². The molecule has 186 valence electrons. The van der Waals surface area contributed by atoms with E-state index in [9.17, 15) is 4.57 Å². The van der Waals surface area contributed by atoms with Crippen molar-refractivity contribution in [1.29, 1.82) is 0 Å². The predicted octanol–water partition coefficient (Wildman–Crippen LogP) is 9.10. The topological polar surface area (TPSA) is 17.1 Å². The van der Waals surface area contributed by atoms with Crippen molar-refractivity contribution in [3.8, 4) is 33.4 Å². The Bertz CT molecular complexity index is 1960. The Morgan fingerprint density at radius 1 is 0.513 bits per heavy atom. The van der Waals surface area contributed by atoms with Crippen LogP contribution in [0.25, 0.3) is 44.2 Å². The molecule has 6 aromatic rings. The van der Waals surface area contributed by atoms with Crippen molar-refractivity contribution in [2.24, 2.45) is 0 Å². The van der Waals surface area contributed by atoms with Crippen LogP contribution in [0.1, 0.15) is 22.3 Å². The largest absolute Gasteiger partial charge is 0.319 e. The average Bonchev–Trinajstić information content (AvgIpc) is 3.44. The van der Waals surface area contributed by atoms with Crippen LogP contribution < -0.4 is 5.30 Å². The molecule has 0 amide bonds. The lowest BCUT2D eigenvalue weighted by Gasteiger charge is -2.31. The van der Waals surface area contributed by atoms with E-state index in [1.807, 2.05) is 25.5 Å². The molecule has 0 bridgehead atoms. The van der Waals surface area contributed by atoms with E-state index < -0.39 is 7.14 Å². The van der Waals surface area contributed by atoms with Crippen LogP contribution in [0.5, 0.6) is 0 Å². The minimum absolute atomic E-state index is 0.363. The lowest BCUT2D eigenvalue weighted by molar-refractivity contribution is 0.588. The first-order valence-electron chi connectivity index (χ1n) is 13.5. The fourth-order valence-corrected chi connectivity index (χ4v) is 7.98. The van der Waals surface area contributed by atoms with Crippen molar-refractivity contribution in [2.45, 2.75) is 5.41 Å². The zero-order valence-electron chi connectivity index (χ0n) is 22.0. The van der Waals surface area contributed by atoms with Gasteiger partial charge in [-0.25, -0.2) is 0 Å². The summed E-state index contributed by atoms with van der Waals surface area (Å²) in [6.07, 6.45) is 0. The molecular weight excluding hydrogens is 491 g/mol. The molecule has 0 saturated carbocycles.